The van der Waals surface area contributed by atoms with Crippen molar-refractivity contribution in [2.24, 2.45) is 4.99 Å². The van der Waals surface area contributed by atoms with Gasteiger partial charge in [0.15, 0.2) is 5.17 Å². The summed E-state index contributed by atoms with van der Waals surface area (Å²) in [4.78, 5) is 19.9. The number of amidine groups is 1. The summed E-state index contributed by atoms with van der Waals surface area (Å²) >= 11 is 1.59. The number of rotatable bonds is 1. The van der Waals surface area contributed by atoms with Crippen molar-refractivity contribution in [1.82, 2.24) is 9.80 Å². The van der Waals surface area contributed by atoms with E-state index in [1.165, 1.54) is 12.8 Å². The maximum absolute atomic E-state index is 11.0. The maximum atomic E-state index is 11.0. The van der Waals surface area contributed by atoms with Crippen LogP contribution >= 0.6 is 11.8 Å². The highest BCUT2D eigenvalue weighted by atomic mass is 32.2. The van der Waals surface area contributed by atoms with Crippen molar-refractivity contribution in [3.8, 4) is 0 Å². The SMILES string of the molecule is O=C1CSC(N2CCN(C3CC3)CC2)=N1. The van der Waals surface area contributed by atoms with Crippen LogP contribution in [0.4, 0.5) is 0 Å². The fourth-order valence-corrected chi connectivity index (χ4v) is 3.03. The maximum Gasteiger partial charge on any atom is 0.258 e. The van der Waals surface area contributed by atoms with Crippen LogP contribution in [-0.4, -0.2) is 58.8 Å². The first-order valence-corrected chi connectivity index (χ1v) is 6.55. The van der Waals surface area contributed by atoms with E-state index in [1.54, 1.807) is 11.8 Å². The van der Waals surface area contributed by atoms with Gasteiger partial charge < -0.3 is 4.90 Å². The number of amides is 1. The highest BCUT2D eigenvalue weighted by Gasteiger charge is 2.32. The van der Waals surface area contributed by atoms with Crippen molar-refractivity contribution < 1.29 is 4.79 Å². The zero-order chi connectivity index (χ0) is 10.3. The van der Waals surface area contributed by atoms with E-state index < -0.39 is 0 Å². The summed E-state index contributed by atoms with van der Waals surface area (Å²) in [5.74, 6) is 0.567. The first-order chi connectivity index (χ1) is 7.33. The lowest BCUT2D eigenvalue weighted by atomic mass is 10.3. The molecule has 0 aromatic carbocycles. The minimum atomic E-state index is 0.0274. The lowest BCUT2D eigenvalue weighted by Crippen LogP contribution is -2.48. The molecule has 1 aliphatic carbocycles. The summed E-state index contributed by atoms with van der Waals surface area (Å²) in [6.45, 7) is 4.35. The molecule has 0 radical (unpaired) electrons. The van der Waals surface area contributed by atoms with Gasteiger partial charge in [0.25, 0.3) is 5.91 Å². The second-order valence-corrected chi connectivity index (χ2v) is 5.27. The molecule has 0 aromatic heterocycles. The van der Waals surface area contributed by atoms with Crippen LogP contribution in [0, 0.1) is 0 Å². The molecule has 3 rings (SSSR count). The van der Waals surface area contributed by atoms with E-state index in [9.17, 15) is 4.79 Å². The van der Waals surface area contributed by atoms with Crippen LogP contribution in [0.5, 0.6) is 0 Å². The second-order valence-electron chi connectivity index (χ2n) is 4.33. The Labute approximate surface area is 93.7 Å². The molecule has 82 valence electrons. The molecule has 0 bridgehead atoms. The van der Waals surface area contributed by atoms with Crippen molar-refractivity contribution in [1.29, 1.82) is 0 Å². The van der Waals surface area contributed by atoms with Crippen LogP contribution in [0.1, 0.15) is 12.8 Å². The number of piperazine rings is 1. The lowest BCUT2D eigenvalue weighted by Gasteiger charge is -2.35. The van der Waals surface area contributed by atoms with E-state index in [4.69, 9.17) is 0 Å². The van der Waals surface area contributed by atoms with E-state index in [-0.39, 0.29) is 5.91 Å². The van der Waals surface area contributed by atoms with Gasteiger partial charge in [-0.15, -0.1) is 0 Å². The Morgan fingerprint density at radius 3 is 2.47 bits per heavy atom. The standard InChI is InChI=1S/C10H15N3OS/c14-9-7-15-10(11-9)13-5-3-12(4-6-13)8-1-2-8/h8H,1-7H2. The van der Waals surface area contributed by atoms with Gasteiger partial charge in [-0.2, -0.15) is 4.99 Å². The van der Waals surface area contributed by atoms with Gasteiger partial charge in [0, 0.05) is 32.2 Å². The van der Waals surface area contributed by atoms with Gasteiger partial charge in [0.1, 0.15) is 0 Å². The third kappa shape index (κ3) is 2.03. The molecule has 2 aliphatic heterocycles. The Hall–Kier alpha value is -0.550. The van der Waals surface area contributed by atoms with Gasteiger partial charge in [-0.05, 0) is 12.8 Å². The molecular formula is C10H15N3OS. The molecule has 5 heteroatoms. The topological polar surface area (TPSA) is 35.9 Å². The molecule has 2 heterocycles. The average Bonchev–Trinajstić information content (AvgIpc) is 3.02. The molecule has 15 heavy (non-hydrogen) atoms. The van der Waals surface area contributed by atoms with Gasteiger partial charge in [-0.3, -0.25) is 9.69 Å². The fourth-order valence-electron chi connectivity index (χ4n) is 2.18. The number of carbonyl (C=O) groups is 1. The van der Waals surface area contributed by atoms with Gasteiger partial charge >= 0.3 is 0 Å². The van der Waals surface area contributed by atoms with Crippen LogP contribution in [0.15, 0.2) is 4.99 Å². The van der Waals surface area contributed by atoms with Crippen molar-refractivity contribution in [3.05, 3.63) is 0 Å². The van der Waals surface area contributed by atoms with Crippen molar-refractivity contribution in [2.45, 2.75) is 18.9 Å². The summed E-state index contributed by atoms with van der Waals surface area (Å²) in [6.07, 6.45) is 2.77. The largest absolute Gasteiger partial charge is 0.349 e. The highest BCUT2D eigenvalue weighted by molar-refractivity contribution is 8.14. The van der Waals surface area contributed by atoms with Crippen molar-refractivity contribution in [2.75, 3.05) is 31.9 Å². The van der Waals surface area contributed by atoms with Gasteiger partial charge in [-0.1, -0.05) is 11.8 Å². The number of thioether (sulfide) groups is 1. The van der Waals surface area contributed by atoms with Gasteiger partial charge in [0.2, 0.25) is 0 Å². The number of hydrogen-bond donors (Lipinski definition) is 0. The second kappa shape index (κ2) is 3.79. The minimum absolute atomic E-state index is 0.0274. The molecule has 0 spiro atoms. The van der Waals surface area contributed by atoms with E-state index in [0.29, 0.717) is 5.75 Å². The molecule has 1 amide bonds. The van der Waals surface area contributed by atoms with E-state index in [0.717, 1.165) is 37.4 Å². The van der Waals surface area contributed by atoms with Crippen LogP contribution in [0.3, 0.4) is 0 Å². The van der Waals surface area contributed by atoms with E-state index in [2.05, 4.69) is 14.8 Å². The zero-order valence-electron chi connectivity index (χ0n) is 8.69. The fraction of sp³-hybridized carbons (Fsp3) is 0.800. The van der Waals surface area contributed by atoms with Crippen LogP contribution in [-0.2, 0) is 4.79 Å². The summed E-state index contributed by atoms with van der Waals surface area (Å²) in [6, 6.07) is 0.868. The molecule has 1 saturated carbocycles. The van der Waals surface area contributed by atoms with Gasteiger partial charge in [-0.25, -0.2) is 0 Å². The normalized spacial score (nSPS) is 28.4. The minimum Gasteiger partial charge on any atom is -0.349 e. The molecule has 1 saturated heterocycles. The Morgan fingerprint density at radius 1 is 1.20 bits per heavy atom. The number of carbonyl (C=O) groups excluding carboxylic acids is 1. The van der Waals surface area contributed by atoms with E-state index >= 15 is 0 Å². The highest BCUT2D eigenvalue weighted by Crippen LogP contribution is 2.28. The molecule has 3 aliphatic rings. The molecular weight excluding hydrogens is 210 g/mol. The van der Waals surface area contributed by atoms with Gasteiger partial charge in [0.05, 0.1) is 5.75 Å². The Bertz CT molecular complexity index is 306. The summed E-state index contributed by atoms with van der Waals surface area (Å²) in [5.41, 5.74) is 0. The molecule has 0 atom stereocenters. The molecule has 4 nitrogen and oxygen atoms in total. The first-order valence-electron chi connectivity index (χ1n) is 5.56. The first kappa shape index (κ1) is 9.66. The lowest BCUT2D eigenvalue weighted by molar-refractivity contribution is -0.115. The Balaban J connectivity index is 1.57. The van der Waals surface area contributed by atoms with Crippen LogP contribution in [0.2, 0.25) is 0 Å². The van der Waals surface area contributed by atoms with Crippen molar-refractivity contribution in [3.63, 3.8) is 0 Å². The number of hydrogen-bond acceptors (Lipinski definition) is 4. The van der Waals surface area contributed by atoms with E-state index in [1.807, 2.05) is 0 Å². The van der Waals surface area contributed by atoms with Crippen LogP contribution < -0.4 is 0 Å². The summed E-state index contributed by atoms with van der Waals surface area (Å²) in [5, 5.41) is 0.954. The predicted molar refractivity (Wildman–Crippen MR) is 61.1 cm³/mol. The quantitative estimate of drug-likeness (QED) is 0.647. The third-order valence-corrected chi connectivity index (χ3v) is 4.19. The smallest absolute Gasteiger partial charge is 0.258 e. The molecule has 0 N–H and O–H groups in total. The monoisotopic (exact) mass is 225 g/mol. The molecule has 0 unspecified atom stereocenters. The molecule has 0 aromatic rings. The third-order valence-electron chi connectivity index (χ3n) is 3.19. The predicted octanol–water partition coefficient (Wildman–Crippen LogP) is 0.396. The zero-order valence-corrected chi connectivity index (χ0v) is 9.50. The number of aliphatic imine (C=N–C) groups is 1. The number of nitrogens with zero attached hydrogens (tertiary/aromatic N) is 3. The van der Waals surface area contributed by atoms with Crippen LogP contribution in [0.25, 0.3) is 0 Å². The average molecular weight is 225 g/mol. The van der Waals surface area contributed by atoms with Crippen molar-refractivity contribution >= 4 is 22.8 Å². The summed E-state index contributed by atoms with van der Waals surface area (Å²) < 4.78 is 0. The summed E-state index contributed by atoms with van der Waals surface area (Å²) in [7, 11) is 0. The Morgan fingerprint density at radius 2 is 1.93 bits per heavy atom. The Kier molecular flexibility index (Phi) is 2.44. The molecule has 2 fully saturated rings.